The number of carbonyl (C=O) groups is 1. The number of ether oxygens (including phenoxy) is 2. The topological polar surface area (TPSA) is 35.5 Å². The van der Waals surface area contributed by atoms with Crippen LogP contribution in [-0.2, 0) is 9.53 Å². The zero-order valence-corrected chi connectivity index (χ0v) is 11.7. The molecule has 1 saturated carbocycles. The van der Waals surface area contributed by atoms with Crippen molar-refractivity contribution in [3.05, 3.63) is 29.8 Å². The highest BCUT2D eigenvalue weighted by Gasteiger charge is 2.30. The van der Waals surface area contributed by atoms with Gasteiger partial charge in [-0.25, -0.2) is 0 Å². The van der Waals surface area contributed by atoms with Gasteiger partial charge in [0.2, 0.25) is 0 Å². The van der Waals surface area contributed by atoms with Crippen molar-refractivity contribution in [3.63, 3.8) is 0 Å². The quantitative estimate of drug-likeness (QED) is 0.777. The van der Waals surface area contributed by atoms with Gasteiger partial charge in [-0.05, 0) is 25.3 Å². The molecule has 0 spiro atoms. The van der Waals surface area contributed by atoms with Gasteiger partial charge in [0.05, 0.1) is 7.11 Å². The third-order valence-corrected chi connectivity index (χ3v) is 3.81. The van der Waals surface area contributed by atoms with Crippen molar-refractivity contribution >= 4 is 5.97 Å². The Morgan fingerprint density at radius 3 is 2.74 bits per heavy atom. The standard InChI is InChI=1S/C16H22O3/c1-3-16(17)19-15-11-7-5-9-13(15)12-8-4-6-10-14(12)18-2/h4,6,8,10,13,15H,3,5,7,9,11H2,1-2H3/t13-,15+/m1/s1. The lowest BCUT2D eigenvalue weighted by molar-refractivity contribution is -0.151. The molecule has 0 heterocycles. The van der Waals surface area contributed by atoms with Crippen LogP contribution in [-0.4, -0.2) is 19.2 Å². The number of carbonyl (C=O) groups excluding carboxylic acids is 1. The molecule has 2 atom stereocenters. The van der Waals surface area contributed by atoms with Gasteiger partial charge in [0.15, 0.2) is 0 Å². The minimum Gasteiger partial charge on any atom is -0.496 e. The molecule has 104 valence electrons. The monoisotopic (exact) mass is 262 g/mol. The summed E-state index contributed by atoms with van der Waals surface area (Å²) in [5, 5.41) is 0. The number of methoxy groups -OCH3 is 1. The van der Waals surface area contributed by atoms with E-state index in [4.69, 9.17) is 9.47 Å². The Morgan fingerprint density at radius 2 is 2.00 bits per heavy atom. The highest BCUT2D eigenvalue weighted by Crippen LogP contribution is 2.39. The normalized spacial score (nSPS) is 22.8. The fourth-order valence-corrected chi connectivity index (χ4v) is 2.82. The van der Waals surface area contributed by atoms with E-state index < -0.39 is 0 Å². The second-order valence-corrected chi connectivity index (χ2v) is 5.01. The molecule has 0 amide bonds. The zero-order valence-electron chi connectivity index (χ0n) is 11.7. The van der Waals surface area contributed by atoms with Crippen LogP contribution in [0.15, 0.2) is 24.3 Å². The molecule has 3 heteroatoms. The maximum Gasteiger partial charge on any atom is 0.305 e. The molecule has 0 saturated heterocycles. The number of benzene rings is 1. The SMILES string of the molecule is CCC(=O)O[C@H]1CCCC[C@@H]1c1ccccc1OC. The van der Waals surface area contributed by atoms with Crippen LogP contribution in [0.1, 0.15) is 50.5 Å². The zero-order chi connectivity index (χ0) is 13.7. The molecule has 19 heavy (non-hydrogen) atoms. The largest absolute Gasteiger partial charge is 0.496 e. The predicted octanol–water partition coefficient (Wildman–Crippen LogP) is 3.67. The highest BCUT2D eigenvalue weighted by molar-refractivity contribution is 5.69. The van der Waals surface area contributed by atoms with Gasteiger partial charge in [0, 0.05) is 17.9 Å². The molecule has 1 aromatic rings. The summed E-state index contributed by atoms with van der Waals surface area (Å²) >= 11 is 0. The van der Waals surface area contributed by atoms with Crippen LogP contribution in [0, 0.1) is 0 Å². The molecule has 0 bridgehead atoms. The van der Waals surface area contributed by atoms with E-state index in [1.54, 1.807) is 7.11 Å². The van der Waals surface area contributed by atoms with E-state index in [0.29, 0.717) is 6.42 Å². The Hall–Kier alpha value is -1.51. The maximum absolute atomic E-state index is 11.6. The van der Waals surface area contributed by atoms with E-state index in [1.165, 1.54) is 12.0 Å². The first-order valence-corrected chi connectivity index (χ1v) is 7.08. The van der Waals surface area contributed by atoms with Crippen molar-refractivity contribution in [2.75, 3.05) is 7.11 Å². The second kappa shape index (κ2) is 6.60. The fraction of sp³-hybridized carbons (Fsp3) is 0.562. The molecular formula is C16H22O3. The Bertz CT molecular complexity index is 428. The lowest BCUT2D eigenvalue weighted by Gasteiger charge is -2.32. The Morgan fingerprint density at radius 1 is 1.26 bits per heavy atom. The van der Waals surface area contributed by atoms with E-state index in [-0.39, 0.29) is 18.0 Å². The van der Waals surface area contributed by atoms with Crippen LogP contribution in [0.2, 0.25) is 0 Å². The molecule has 1 aliphatic rings. The number of rotatable bonds is 4. The third kappa shape index (κ3) is 3.28. The Labute approximate surface area is 114 Å². The fourth-order valence-electron chi connectivity index (χ4n) is 2.82. The van der Waals surface area contributed by atoms with Crippen molar-refractivity contribution in [1.29, 1.82) is 0 Å². The van der Waals surface area contributed by atoms with Gasteiger partial charge in [0.1, 0.15) is 11.9 Å². The minimum atomic E-state index is -0.105. The van der Waals surface area contributed by atoms with Crippen LogP contribution in [0.5, 0.6) is 5.75 Å². The molecule has 1 aromatic carbocycles. The van der Waals surface area contributed by atoms with Crippen LogP contribution >= 0.6 is 0 Å². The second-order valence-electron chi connectivity index (χ2n) is 5.01. The van der Waals surface area contributed by atoms with E-state index in [9.17, 15) is 4.79 Å². The molecule has 0 aliphatic heterocycles. The van der Waals surface area contributed by atoms with Gasteiger partial charge >= 0.3 is 5.97 Å². The summed E-state index contributed by atoms with van der Waals surface area (Å²) in [6, 6.07) is 8.05. The van der Waals surface area contributed by atoms with E-state index in [1.807, 2.05) is 25.1 Å². The van der Waals surface area contributed by atoms with Crippen LogP contribution < -0.4 is 4.74 Å². The molecular weight excluding hydrogens is 240 g/mol. The predicted molar refractivity (Wildman–Crippen MR) is 74.4 cm³/mol. The van der Waals surface area contributed by atoms with Crippen molar-refractivity contribution in [2.24, 2.45) is 0 Å². The molecule has 0 N–H and O–H groups in total. The first-order chi connectivity index (χ1) is 9.26. The molecule has 1 fully saturated rings. The van der Waals surface area contributed by atoms with Gasteiger partial charge in [-0.2, -0.15) is 0 Å². The number of hydrogen-bond donors (Lipinski definition) is 0. The highest BCUT2D eigenvalue weighted by atomic mass is 16.5. The summed E-state index contributed by atoms with van der Waals surface area (Å²) in [7, 11) is 1.69. The van der Waals surface area contributed by atoms with Crippen LogP contribution in [0.4, 0.5) is 0 Å². The third-order valence-electron chi connectivity index (χ3n) is 3.81. The lowest BCUT2D eigenvalue weighted by atomic mass is 9.81. The Kier molecular flexibility index (Phi) is 4.83. The van der Waals surface area contributed by atoms with Gasteiger partial charge in [-0.3, -0.25) is 4.79 Å². The van der Waals surface area contributed by atoms with Crippen molar-refractivity contribution in [3.8, 4) is 5.75 Å². The summed E-state index contributed by atoms with van der Waals surface area (Å²) in [6.07, 6.45) is 4.76. The van der Waals surface area contributed by atoms with Crippen LogP contribution in [0.3, 0.4) is 0 Å². The van der Waals surface area contributed by atoms with Gasteiger partial charge < -0.3 is 9.47 Å². The number of para-hydroxylation sites is 1. The summed E-state index contributed by atoms with van der Waals surface area (Å²) < 4.78 is 11.1. The summed E-state index contributed by atoms with van der Waals surface area (Å²) in [5.74, 6) is 1.05. The van der Waals surface area contributed by atoms with Gasteiger partial charge in [-0.1, -0.05) is 31.5 Å². The first-order valence-electron chi connectivity index (χ1n) is 7.08. The molecule has 1 aliphatic carbocycles. The maximum atomic E-state index is 11.6. The van der Waals surface area contributed by atoms with Gasteiger partial charge in [0.25, 0.3) is 0 Å². The molecule has 0 aromatic heterocycles. The molecule has 0 radical (unpaired) electrons. The molecule has 2 rings (SSSR count). The summed E-state index contributed by atoms with van der Waals surface area (Å²) in [5.41, 5.74) is 1.17. The van der Waals surface area contributed by atoms with Crippen LogP contribution in [0.25, 0.3) is 0 Å². The summed E-state index contributed by atoms with van der Waals surface area (Å²) in [4.78, 5) is 11.6. The number of hydrogen-bond acceptors (Lipinski definition) is 3. The average molecular weight is 262 g/mol. The molecule has 3 nitrogen and oxygen atoms in total. The number of esters is 1. The van der Waals surface area contributed by atoms with E-state index in [2.05, 4.69) is 6.07 Å². The van der Waals surface area contributed by atoms with Gasteiger partial charge in [-0.15, -0.1) is 0 Å². The van der Waals surface area contributed by atoms with Crippen molar-refractivity contribution in [2.45, 2.75) is 51.0 Å². The van der Waals surface area contributed by atoms with E-state index >= 15 is 0 Å². The minimum absolute atomic E-state index is 0.00231. The first kappa shape index (κ1) is 13.9. The van der Waals surface area contributed by atoms with E-state index in [0.717, 1.165) is 25.0 Å². The Balaban J connectivity index is 2.21. The summed E-state index contributed by atoms with van der Waals surface area (Å²) in [6.45, 7) is 1.84. The smallest absolute Gasteiger partial charge is 0.305 e. The van der Waals surface area contributed by atoms with Crippen molar-refractivity contribution in [1.82, 2.24) is 0 Å². The average Bonchev–Trinajstić information content (AvgIpc) is 2.47. The lowest BCUT2D eigenvalue weighted by Crippen LogP contribution is -2.28. The van der Waals surface area contributed by atoms with Crippen molar-refractivity contribution < 1.29 is 14.3 Å². The molecule has 0 unspecified atom stereocenters.